The zero-order chi connectivity index (χ0) is 29.6. The van der Waals surface area contributed by atoms with Gasteiger partial charge in [-0.3, -0.25) is 9.69 Å². The van der Waals surface area contributed by atoms with Gasteiger partial charge in [0.05, 0.1) is 24.7 Å². The van der Waals surface area contributed by atoms with Gasteiger partial charge in [-0.15, -0.1) is 5.10 Å². The smallest absolute Gasteiger partial charge is 0.414 e. The summed E-state index contributed by atoms with van der Waals surface area (Å²) in [7, 11) is 0. The van der Waals surface area contributed by atoms with E-state index < -0.39 is 17.6 Å². The molecule has 2 fully saturated rings. The van der Waals surface area contributed by atoms with Crippen molar-refractivity contribution in [1.29, 1.82) is 0 Å². The van der Waals surface area contributed by atoms with E-state index in [0.29, 0.717) is 30.4 Å². The van der Waals surface area contributed by atoms with E-state index in [4.69, 9.17) is 9.47 Å². The van der Waals surface area contributed by atoms with Gasteiger partial charge in [0.15, 0.2) is 0 Å². The molecule has 1 amide bonds. The molecule has 2 aromatic carbocycles. The topological polar surface area (TPSA) is 86.5 Å². The fraction of sp³-hybridized carbons (Fsp3) is 0.515. The molecule has 0 spiro atoms. The second-order valence-corrected chi connectivity index (χ2v) is 13.0. The molecule has 6 rings (SSSR count). The molecular weight excluding hydrogens is 535 g/mol. The van der Waals surface area contributed by atoms with E-state index in [9.17, 15) is 14.0 Å². The van der Waals surface area contributed by atoms with Crippen LogP contribution < -0.4 is 4.90 Å². The lowest BCUT2D eigenvalue weighted by Crippen LogP contribution is -2.52. The fourth-order valence-electron chi connectivity index (χ4n) is 7.57. The van der Waals surface area contributed by atoms with Gasteiger partial charge in [0.1, 0.15) is 24.2 Å². The lowest BCUT2D eigenvalue weighted by atomic mass is 9.49. The van der Waals surface area contributed by atoms with Gasteiger partial charge < -0.3 is 9.47 Å². The summed E-state index contributed by atoms with van der Waals surface area (Å²) in [6, 6.07) is 12.7. The Bertz CT molecular complexity index is 1490. The third kappa shape index (κ3) is 5.07. The Morgan fingerprint density at radius 3 is 2.71 bits per heavy atom. The molecule has 9 heteroatoms. The van der Waals surface area contributed by atoms with Crippen LogP contribution in [0.15, 0.2) is 48.7 Å². The number of hydrogen-bond donors (Lipinski definition) is 0. The van der Waals surface area contributed by atoms with Crippen LogP contribution in [0.4, 0.5) is 14.9 Å². The van der Waals surface area contributed by atoms with Crippen molar-refractivity contribution in [2.75, 3.05) is 11.4 Å². The first-order chi connectivity index (χ1) is 20.1. The third-order valence-corrected chi connectivity index (χ3v) is 9.85. The minimum Gasteiger partial charge on any atom is -0.459 e. The van der Waals surface area contributed by atoms with E-state index in [-0.39, 0.29) is 29.7 Å². The maximum absolute atomic E-state index is 13.7. The van der Waals surface area contributed by atoms with Crippen LogP contribution in [0.3, 0.4) is 0 Å². The van der Waals surface area contributed by atoms with Crippen LogP contribution in [0.5, 0.6) is 0 Å². The van der Waals surface area contributed by atoms with Crippen molar-refractivity contribution in [3.05, 3.63) is 76.9 Å². The zero-order valence-electron chi connectivity index (χ0n) is 24.8. The van der Waals surface area contributed by atoms with Gasteiger partial charge in [0.2, 0.25) is 0 Å². The van der Waals surface area contributed by atoms with E-state index in [1.165, 1.54) is 33.7 Å². The summed E-state index contributed by atoms with van der Waals surface area (Å²) in [4.78, 5) is 27.5. The lowest BCUT2D eigenvalue weighted by molar-refractivity contribution is -0.166. The first kappa shape index (κ1) is 28.4. The van der Waals surface area contributed by atoms with Gasteiger partial charge in [-0.05, 0) is 90.8 Å². The number of cyclic esters (lactones) is 1. The molecule has 42 heavy (non-hydrogen) atoms. The Morgan fingerprint density at radius 2 is 1.95 bits per heavy atom. The number of carbonyl (C=O) groups excluding carboxylic acids is 2. The number of halogens is 1. The average Bonchev–Trinajstić information content (AvgIpc) is 3.57. The summed E-state index contributed by atoms with van der Waals surface area (Å²) < 4.78 is 26.3. The molecule has 1 aromatic heterocycles. The van der Waals surface area contributed by atoms with Crippen LogP contribution in [0.25, 0.3) is 0 Å². The fourth-order valence-corrected chi connectivity index (χ4v) is 7.57. The van der Waals surface area contributed by atoms with E-state index in [2.05, 4.69) is 56.2 Å². The number of esters is 1. The molecule has 3 aromatic rings. The summed E-state index contributed by atoms with van der Waals surface area (Å²) in [5.74, 6) is 0.166. The number of nitrogens with zero attached hydrogens (tertiary/aromatic N) is 4. The third-order valence-electron chi connectivity index (χ3n) is 9.85. The minimum atomic E-state index is -0.570. The quantitative estimate of drug-likeness (QED) is 0.307. The number of benzene rings is 2. The normalized spacial score (nSPS) is 27.0. The predicted molar refractivity (Wildman–Crippen MR) is 155 cm³/mol. The van der Waals surface area contributed by atoms with Crippen LogP contribution in [-0.4, -0.2) is 39.7 Å². The SMILES string of the molecule is CC(C)c1ccc2c(c1)CC[C@H]1[C@](C)(C(=O)OCc3cn(CC4CN(c5ccc(F)cc5)C(=O)O4)nn3)CCC[C@]21C. The molecule has 3 aliphatic rings. The summed E-state index contributed by atoms with van der Waals surface area (Å²) in [6.45, 7) is 9.55. The van der Waals surface area contributed by atoms with E-state index in [1.807, 2.05) is 0 Å². The Morgan fingerprint density at radius 1 is 1.17 bits per heavy atom. The van der Waals surface area contributed by atoms with Crippen molar-refractivity contribution in [2.24, 2.45) is 11.3 Å². The van der Waals surface area contributed by atoms with Gasteiger partial charge >= 0.3 is 12.1 Å². The Kier molecular flexibility index (Phi) is 7.31. The van der Waals surface area contributed by atoms with Gasteiger partial charge in [0.25, 0.3) is 0 Å². The number of aromatic nitrogens is 3. The first-order valence-corrected chi connectivity index (χ1v) is 15.0. The number of rotatable bonds is 7. The van der Waals surface area contributed by atoms with Crippen LogP contribution in [0, 0.1) is 17.2 Å². The maximum atomic E-state index is 13.7. The molecule has 1 saturated carbocycles. The van der Waals surface area contributed by atoms with Gasteiger partial charge in [-0.25, -0.2) is 13.9 Å². The molecular formula is C33H39FN4O4. The second kappa shape index (κ2) is 10.8. The van der Waals surface area contributed by atoms with Crippen molar-refractivity contribution in [3.63, 3.8) is 0 Å². The standard InChI is InChI=1S/C33H39FN4O4/c1-21(2)22-6-12-28-23(16-22)7-13-29-32(28,3)14-5-15-33(29,4)30(39)41-20-25-17-37(36-35-25)18-27-19-38(31(40)42-27)26-10-8-24(34)9-11-26/h6,8-12,16-17,21,27,29H,5,7,13-15,18-20H2,1-4H3/t27?,29-,32-,33-/m1/s1. The Hall–Kier alpha value is -3.75. The summed E-state index contributed by atoms with van der Waals surface area (Å²) in [5, 5.41) is 8.35. The van der Waals surface area contributed by atoms with Crippen molar-refractivity contribution in [3.8, 4) is 0 Å². The highest BCUT2D eigenvalue weighted by Gasteiger charge is 2.55. The largest absolute Gasteiger partial charge is 0.459 e. The van der Waals surface area contributed by atoms with Gasteiger partial charge in [-0.1, -0.05) is 50.6 Å². The number of anilines is 1. The van der Waals surface area contributed by atoms with E-state index >= 15 is 0 Å². The van der Waals surface area contributed by atoms with Crippen molar-refractivity contribution >= 4 is 17.7 Å². The molecule has 0 radical (unpaired) electrons. The van der Waals surface area contributed by atoms with E-state index in [0.717, 1.165) is 32.1 Å². The molecule has 1 saturated heterocycles. The van der Waals surface area contributed by atoms with Gasteiger partial charge in [-0.2, -0.15) is 0 Å². The molecule has 2 heterocycles. The van der Waals surface area contributed by atoms with Crippen LogP contribution in [0.1, 0.15) is 81.7 Å². The molecule has 0 bridgehead atoms. The summed E-state index contributed by atoms with van der Waals surface area (Å²) in [5.41, 5.74) is 4.69. The Balaban J connectivity index is 1.09. The molecule has 0 N–H and O–H groups in total. The molecule has 8 nitrogen and oxygen atoms in total. The van der Waals surface area contributed by atoms with Crippen LogP contribution >= 0.6 is 0 Å². The molecule has 1 aliphatic heterocycles. The molecule has 1 unspecified atom stereocenters. The number of hydrogen-bond acceptors (Lipinski definition) is 6. The summed E-state index contributed by atoms with van der Waals surface area (Å²) in [6.07, 6.45) is 5.62. The molecule has 2 aliphatic carbocycles. The monoisotopic (exact) mass is 574 g/mol. The lowest BCUT2D eigenvalue weighted by Gasteiger charge is -2.54. The maximum Gasteiger partial charge on any atom is 0.414 e. The van der Waals surface area contributed by atoms with Crippen molar-refractivity contribution in [2.45, 2.75) is 90.4 Å². The second-order valence-electron chi connectivity index (χ2n) is 13.0. The van der Waals surface area contributed by atoms with Crippen molar-refractivity contribution < 1.29 is 23.5 Å². The van der Waals surface area contributed by atoms with E-state index in [1.54, 1.807) is 23.0 Å². The number of ether oxygens (including phenoxy) is 2. The molecule has 222 valence electrons. The number of amides is 1. The van der Waals surface area contributed by atoms with Crippen LogP contribution in [-0.2, 0) is 39.3 Å². The number of fused-ring (bicyclic) bond motifs is 3. The number of aryl methyl sites for hydroxylation is 1. The van der Waals surface area contributed by atoms with Crippen molar-refractivity contribution in [1.82, 2.24) is 15.0 Å². The Labute approximate surface area is 246 Å². The zero-order valence-corrected chi connectivity index (χ0v) is 24.8. The highest BCUT2D eigenvalue weighted by molar-refractivity contribution is 5.89. The van der Waals surface area contributed by atoms with Crippen LogP contribution in [0.2, 0.25) is 0 Å². The first-order valence-electron chi connectivity index (χ1n) is 15.0. The highest BCUT2D eigenvalue weighted by Crippen LogP contribution is 2.57. The molecule has 4 atom stereocenters. The highest BCUT2D eigenvalue weighted by atomic mass is 19.1. The summed E-state index contributed by atoms with van der Waals surface area (Å²) >= 11 is 0. The minimum absolute atomic E-state index is 0.0400. The van der Waals surface area contributed by atoms with Gasteiger partial charge in [0, 0.05) is 5.69 Å². The predicted octanol–water partition coefficient (Wildman–Crippen LogP) is 6.32. The number of carbonyl (C=O) groups is 2. The average molecular weight is 575 g/mol.